The molecule has 3 aliphatic carbocycles. The van der Waals surface area contributed by atoms with Gasteiger partial charge in [0, 0.05) is 6.61 Å². The molecule has 0 aromatic heterocycles. The molecule has 0 amide bonds. The van der Waals surface area contributed by atoms with E-state index < -0.39 is 0 Å². The van der Waals surface area contributed by atoms with Crippen molar-refractivity contribution >= 4 is 0 Å². The number of fused-ring (bicyclic) bond motifs is 5. The summed E-state index contributed by atoms with van der Waals surface area (Å²) in [5, 5.41) is 9.28. The van der Waals surface area contributed by atoms with Crippen LogP contribution in [0.25, 0.3) is 0 Å². The smallest absolute Gasteiger partial charge is 0.0903 e. The van der Waals surface area contributed by atoms with Gasteiger partial charge >= 0.3 is 0 Å². The van der Waals surface area contributed by atoms with Gasteiger partial charge in [0.05, 0.1) is 12.9 Å². The van der Waals surface area contributed by atoms with Crippen molar-refractivity contribution in [3.05, 3.63) is 12.8 Å². The molecule has 0 heterocycles. The number of aliphatic hydroxyl groups is 1. The molecule has 3 aliphatic rings. The van der Waals surface area contributed by atoms with Gasteiger partial charge in [-0.2, -0.15) is 0 Å². The number of rotatable bonds is 4. The van der Waals surface area contributed by atoms with Crippen molar-refractivity contribution in [1.29, 1.82) is 0 Å². The Morgan fingerprint density at radius 3 is 2.69 bits per heavy atom. The molecule has 0 aromatic carbocycles. The van der Waals surface area contributed by atoms with Crippen molar-refractivity contribution in [2.45, 2.75) is 25.7 Å². The van der Waals surface area contributed by atoms with E-state index in [2.05, 4.69) is 6.58 Å². The maximum Gasteiger partial charge on any atom is 0.0903 e. The lowest BCUT2D eigenvalue weighted by Crippen LogP contribution is -2.26. The fraction of sp³-hybridized carbons (Fsp3) is 0.857. The van der Waals surface area contributed by atoms with Crippen LogP contribution in [0.5, 0.6) is 0 Å². The Balaban J connectivity index is 1.65. The first-order valence-electron chi connectivity index (χ1n) is 6.66. The second-order valence-corrected chi connectivity index (χ2v) is 6.00. The van der Waals surface area contributed by atoms with Crippen LogP contribution in [-0.4, -0.2) is 18.3 Å². The first kappa shape index (κ1) is 10.6. The third kappa shape index (κ3) is 1.50. The van der Waals surface area contributed by atoms with Gasteiger partial charge in [-0.3, -0.25) is 0 Å². The summed E-state index contributed by atoms with van der Waals surface area (Å²) in [6, 6.07) is 0. The van der Waals surface area contributed by atoms with Crippen LogP contribution in [0, 0.1) is 35.5 Å². The zero-order chi connectivity index (χ0) is 11.1. The summed E-state index contributed by atoms with van der Waals surface area (Å²) in [7, 11) is 0. The molecule has 2 nitrogen and oxygen atoms in total. The van der Waals surface area contributed by atoms with Gasteiger partial charge in [-0.25, -0.2) is 0 Å². The summed E-state index contributed by atoms with van der Waals surface area (Å²) >= 11 is 0. The zero-order valence-corrected chi connectivity index (χ0v) is 9.85. The predicted octanol–water partition coefficient (Wildman–Crippen LogP) is 2.44. The number of aliphatic hydroxyl groups excluding tert-OH is 1. The highest BCUT2D eigenvalue weighted by Gasteiger charge is 2.55. The average molecular weight is 222 g/mol. The first-order chi connectivity index (χ1) is 7.83. The minimum absolute atomic E-state index is 0.403. The van der Waals surface area contributed by atoms with Crippen LogP contribution in [0.4, 0.5) is 0 Å². The molecule has 2 bridgehead atoms. The van der Waals surface area contributed by atoms with E-state index in [1.165, 1.54) is 25.7 Å². The maximum atomic E-state index is 9.28. The summed E-state index contributed by atoms with van der Waals surface area (Å²) in [4.78, 5) is 0. The fourth-order valence-electron chi connectivity index (χ4n) is 4.86. The van der Waals surface area contributed by atoms with E-state index >= 15 is 0 Å². The summed E-state index contributed by atoms with van der Waals surface area (Å²) in [5.74, 6) is 5.01. The number of hydrogen-bond acceptors (Lipinski definition) is 2. The highest BCUT2D eigenvalue weighted by atomic mass is 16.5. The van der Waals surface area contributed by atoms with Gasteiger partial charge in [0.1, 0.15) is 0 Å². The minimum atomic E-state index is 0.403. The van der Waals surface area contributed by atoms with Crippen LogP contribution >= 0.6 is 0 Å². The normalized spacial score (nSPS) is 49.3. The van der Waals surface area contributed by atoms with Crippen molar-refractivity contribution in [3.8, 4) is 0 Å². The maximum absolute atomic E-state index is 9.28. The summed E-state index contributed by atoms with van der Waals surface area (Å²) < 4.78 is 5.39. The molecule has 2 heteroatoms. The lowest BCUT2D eigenvalue weighted by Gasteiger charge is -2.30. The molecule has 0 spiro atoms. The molecule has 1 N–H and O–H groups in total. The largest absolute Gasteiger partial charge is 0.502 e. The van der Waals surface area contributed by atoms with Crippen molar-refractivity contribution in [1.82, 2.24) is 0 Å². The first-order valence-corrected chi connectivity index (χ1v) is 6.66. The molecule has 0 saturated heterocycles. The Bertz CT molecular complexity index is 276. The highest BCUT2D eigenvalue weighted by molar-refractivity contribution is 5.04. The van der Waals surface area contributed by atoms with Crippen LogP contribution in [0.2, 0.25) is 0 Å². The van der Waals surface area contributed by atoms with E-state index in [1.807, 2.05) is 0 Å². The Morgan fingerprint density at radius 1 is 1.12 bits per heavy atom. The van der Waals surface area contributed by atoms with Gasteiger partial charge < -0.3 is 9.84 Å². The molecule has 6 atom stereocenters. The topological polar surface area (TPSA) is 29.5 Å². The molecular formula is C14H22O2. The Morgan fingerprint density at radius 2 is 1.94 bits per heavy atom. The zero-order valence-electron chi connectivity index (χ0n) is 9.85. The summed E-state index contributed by atoms with van der Waals surface area (Å²) in [6.07, 6.45) is 6.93. The minimum Gasteiger partial charge on any atom is -0.502 e. The average Bonchev–Trinajstić information content (AvgIpc) is 2.95. The number of ether oxygens (including phenoxy) is 1. The van der Waals surface area contributed by atoms with Gasteiger partial charge in [-0.05, 0) is 61.2 Å². The summed E-state index contributed by atoms with van der Waals surface area (Å²) in [5.41, 5.74) is 0. The van der Waals surface area contributed by atoms with E-state index in [0.717, 1.165) is 36.2 Å². The highest BCUT2D eigenvalue weighted by Crippen LogP contribution is 2.62. The van der Waals surface area contributed by atoms with Crippen LogP contribution in [-0.2, 0) is 4.74 Å². The molecule has 0 aliphatic heterocycles. The van der Waals surface area contributed by atoms with E-state index in [0.29, 0.717) is 12.5 Å². The van der Waals surface area contributed by atoms with E-state index in [9.17, 15) is 5.11 Å². The third-order valence-corrected chi connectivity index (χ3v) is 5.39. The monoisotopic (exact) mass is 222 g/mol. The number of hydrogen-bond donors (Lipinski definition) is 1. The second-order valence-electron chi connectivity index (χ2n) is 6.00. The lowest BCUT2D eigenvalue weighted by molar-refractivity contribution is 0.109. The fourth-order valence-corrected chi connectivity index (χ4v) is 4.86. The second kappa shape index (κ2) is 4.06. The van der Waals surface area contributed by atoms with Gasteiger partial charge in [-0.15, -0.1) is 0 Å². The van der Waals surface area contributed by atoms with Crippen LogP contribution < -0.4 is 0 Å². The molecule has 90 valence electrons. The van der Waals surface area contributed by atoms with Crippen LogP contribution in [0.1, 0.15) is 25.7 Å². The third-order valence-electron chi connectivity index (χ3n) is 5.39. The molecule has 3 fully saturated rings. The molecule has 3 saturated carbocycles. The van der Waals surface area contributed by atoms with E-state index in [-0.39, 0.29) is 0 Å². The van der Waals surface area contributed by atoms with Crippen LogP contribution in [0.15, 0.2) is 12.8 Å². The molecule has 3 rings (SSSR count). The Kier molecular flexibility index (Phi) is 2.70. The molecule has 16 heavy (non-hydrogen) atoms. The molecule has 6 unspecified atom stereocenters. The van der Waals surface area contributed by atoms with E-state index in [4.69, 9.17) is 4.74 Å². The van der Waals surface area contributed by atoms with E-state index in [1.54, 1.807) is 6.26 Å². The van der Waals surface area contributed by atoms with Crippen molar-refractivity contribution in [2.24, 2.45) is 35.5 Å². The van der Waals surface area contributed by atoms with Crippen molar-refractivity contribution in [2.75, 3.05) is 13.2 Å². The van der Waals surface area contributed by atoms with Crippen molar-refractivity contribution < 1.29 is 9.84 Å². The molecule has 0 aromatic rings. The van der Waals surface area contributed by atoms with Crippen LogP contribution in [0.3, 0.4) is 0 Å². The van der Waals surface area contributed by atoms with Gasteiger partial charge in [0.25, 0.3) is 0 Å². The van der Waals surface area contributed by atoms with Gasteiger partial charge in [0.15, 0.2) is 0 Å². The quantitative estimate of drug-likeness (QED) is 0.740. The predicted molar refractivity (Wildman–Crippen MR) is 62.6 cm³/mol. The van der Waals surface area contributed by atoms with Gasteiger partial charge in [0.2, 0.25) is 0 Å². The Labute approximate surface area is 97.7 Å². The SMILES string of the molecule is C=COCC1CC2CC1C1CC(CO)CC21. The summed E-state index contributed by atoms with van der Waals surface area (Å²) in [6.45, 7) is 4.90. The standard InChI is InChI=1S/C14H22O2/c1-2-16-8-11-5-10-6-13(11)14-4-9(7-15)3-12(10)14/h2,9-15H,1,3-8H2. The molecular weight excluding hydrogens is 200 g/mol. The van der Waals surface area contributed by atoms with Gasteiger partial charge in [-0.1, -0.05) is 6.58 Å². The lowest BCUT2D eigenvalue weighted by atomic mass is 9.76. The Hall–Kier alpha value is -0.500. The molecule has 0 radical (unpaired) electrons. The van der Waals surface area contributed by atoms with Crippen molar-refractivity contribution in [3.63, 3.8) is 0 Å².